The van der Waals surface area contributed by atoms with Gasteiger partial charge in [0.1, 0.15) is 5.84 Å². The number of nitrogens with two attached hydrogens (primary N) is 1. The van der Waals surface area contributed by atoms with Gasteiger partial charge in [0, 0.05) is 12.1 Å². The Labute approximate surface area is 92.8 Å². The number of hydrogen-bond donors (Lipinski definition) is 2. The standard InChI is InChI=1S/C8H13N3.C4H10/c9-8-5-6-3-1-2-4-7(6)11(8)10;1-4(2)3/h9H,1-5,10H2;4H,1-3H3. The molecule has 3 N–H and O–H groups in total. The van der Waals surface area contributed by atoms with Crippen molar-refractivity contribution in [3.63, 3.8) is 0 Å². The van der Waals surface area contributed by atoms with Crippen molar-refractivity contribution in [2.45, 2.75) is 52.9 Å². The molecule has 0 aromatic rings. The molecule has 0 bridgehead atoms. The third-order valence-electron chi connectivity index (χ3n) is 2.51. The van der Waals surface area contributed by atoms with Crippen LogP contribution in [0.25, 0.3) is 0 Å². The Hall–Kier alpha value is -0.830. The number of amidine groups is 1. The summed E-state index contributed by atoms with van der Waals surface area (Å²) in [7, 11) is 0. The monoisotopic (exact) mass is 209 g/mol. The molecular weight excluding hydrogens is 186 g/mol. The fourth-order valence-corrected chi connectivity index (χ4v) is 1.88. The second kappa shape index (κ2) is 5.31. The van der Waals surface area contributed by atoms with Gasteiger partial charge in [-0.3, -0.25) is 10.4 Å². The van der Waals surface area contributed by atoms with Crippen LogP contribution >= 0.6 is 0 Å². The average Bonchev–Trinajstić information content (AvgIpc) is 2.43. The van der Waals surface area contributed by atoms with Gasteiger partial charge in [0.25, 0.3) is 0 Å². The van der Waals surface area contributed by atoms with Crippen molar-refractivity contribution in [3.8, 4) is 0 Å². The summed E-state index contributed by atoms with van der Waals surface area (Å²) in [5, 5.41) is 9.07. The highest BCUT2D eigenvalue weighted by Gasteiger charge is 2.26. The van der Waals surface area contributed by atoms with E-state index in [1.54, 1.807) is 5.01 Å². The van der Waals surface area contributed by atoms with Gasteiger partial charge in [-0.15, -0.1) is 0 Å². The first-order valence-electron chi connectivity index (χ1n) is 5.85. The number of hydrogen-bond acceptors (Lipinski definition) is 2. The molecule has 0 fully saturated rings. The third kappa shape index (κ3) is 3.34. The smallest absolute Gasteiger partial charge is 0.119 e. The summed E-state index contributed by atoms with van der Waals surface area (Å²) in [4.78, 5) is 0. The lowest BCUT2D eigenvalue weighted by atomic mass is 9.97. The van der Waals surface area contributed by atoms with Crippen LogP contribution in [0.3, 0.4) is 0 Å². The van der Waals surface area contributed by atoms with Crippen molar-refractivity contribution in [1.82, 2.24) is 5.01 Å². The minimum atomic E-state index is 0.567. The molecule has 0 unspecified atom stereocenters. The fourth-order valence-electron chi connectivity index (χ4n) is 1.88. The number of rotatable bonds is 0. The second-order valence-corrected chi connectivity index (χ2v) is 4.98. The zero-order valence-electron chi connectivity index (χ0n) is 10.1. The van der Waals surface area contributed by atoms with Crippen molar-refractivity contribution < 1.29 is 0 Å². The molecule has 3 nitrogen and oxygen atoms in total. The lowest BCUT2D eigenvalue weighted by Gasteiger charge is -2.18. The Kier molecular flexibility index (Phi) is 4.33. The van der Waals surface area contributed by atoms with Crippen LogP contribution < -0.4 is 5.84 Å². The predicted octanol–water partition coefficient (Wildman–Crippen LogP) is 3.03. The largest absolute Gasteiger partial charge is 0.287 e. The van der Waals surface area contributed by atoms with E-state index < -0.39 is 0 Å². The topological polar surface area (TPSA) is 53.1 Å². The van der Waals surface area contributed by atoms with Crippen LogP contribution in [0.4, 0.5) is 0 Å². The summed E-state index contributed by atoms with van der Waals surface area (Å²) >= 11 is 0. The van der Waals surface area contributed by atoms with E-state index in [-0.39, 0.29) is 0 Å². The van der Waals surface area contributed by atoms with Gasteiger partial charge < -0.3 is 0 Å². The van der Waals surface area contributed by atoms with Crippen LogP contribution in [0.5, 0.6) is 0 Å². The molecule has 0 saturated carbocycles. The molecule has 0 amide bonds. The summed E-state index contributed by atoms with van der Waals surface area (Å²) in [5.41, 5.74) is 2.63. The van der Waals surface area contributed by atoms with Crippen molar-refractivity contribution in [1.29, 1.82) is 5.41 Å². The lowest BCUT2D eigenvalue weighted by molar-refractivity contribution is 0.495. The number of hydrazine groups is 1. The van der Waals surface area contributed by atoms with Crippen LogP contribution in [0.2, 0.25) is 0 Å². The lowest BCUT2D eigenvalue weighted by Crippen LogP contribution is -2.31. The Morgan fingerprint density at radius 1 is 1.20 bits per heavy atom. The number of nitrogens with one attached hydrogen (secondary N) is 1. The van der Waals surface area contributed by atoms with Crippen LogP contribution in [0.15, 0.2) is 11.3 Å². The van der Waals surface area contributed by atoms with Crippen molar-refractivity contribution in [2.24, 2.45) is 11.8 Å². The zero-order valence-corrected chi connectivity index (χ0v) is 10.1. The predicted molar refractivity (Wildman–Crippen MR) is 64.4 cm³/mol. The van der Waals surface area contributed by atoms with Gasteiger partial charge in [-0.2, -0.15) is 0 Å². The first kappa shape index (κ1) is 12.2. The molecule has 1 aliphatic carbocycles. The maximum Gasteiger partial charge on any atom is 0.119 e. The summed E-state index contributed by atoms with van der Waals surface area (Å²) in [6.45, 7) is 6.50. The number of nitrogens with zero attached hydrogens (tertiary/aromatic N) is 1. The summed E-state index contributed by atoms with van der Waals surface area (Å²) in [6, 6.07) is 0. The maximum absolute atomic E-state index is 7.51. The van der Waals surface area contributed by atoms with E-state index in [4.69, 9.17) is 11.3 Å². The summed E-state index contributed by atoms with van der Waals surface area (Å²) in [6.07, 6.45) is 5.55. The minimum absolute atomic E-state index is 0.567. The molecular formula is C12H23N3. The van der Waals surface area contributed by atoms with Crippen LogP contribution in [0, 0.1) is 11.3 Å². The van der Waals surface area contributed by atoms with Crippen molar-refractivity contribution in [2.75, 3.05) is 0 Å². The highest BCUT2D eigenvalue weighted by molar-refractivity contribution is 5.86. The Balaban J connectivity index is 0.000000245. The molecule has 1 heterocycles. The molecule has 0 spiro atoms. The highest BCUT2D eigenvalue weighted by Crippen LogP contribution is 2.33. The molecule has 86 valence electrons. The molecule has 0 atom stereocenters. The van der Waals surface area contributed by atoms with E-state index in [2.05, 4.69) is 20.8 Å². The third-order valence-corrected chi connectivity index (χ3v) is 2.51. The van der Waals surface area contributed by atoms with Gasteiger partial charge in [0.2, 0.25) is 0 Å². The van der Waals surface area contributed by atoms with Crippen LogP contribution in [-0.4, -0.2) is 10.8 Å². The average molecular weight is 209 g/mol. The van der Waals surface area contributed by atoms with Crippen molar-refractivity contribution >= 4 is 5.84 Å². The first-order valence-corrected chi connectivity index (χ1v) is 5.85. The Bertz CT molecular complexity index is 263. The van der Waals surface area contributed by atoms with Crippen LogP contribution in [0.1, 0.15) is 52.9 Å². The molecule has 0 aromatic heterocycles. The van der Waals surface area contributed by atoms with Gasteiger partial charge in [-0.05, 0) is 37.2 Å². The molecule has 1 aliphatic heterocycles. The quantitative estimate of drug-likeness (QED) is 0.602. The van der Waals surface area contributed by atoms with Gasteiger partial charge in [0.05, 0.1) is 0 Å². The van der Waals surface area contributed by atoms with E-state index in [1.807, 2.05) is 0 Å². The summed E-state index contributed by atoms with van der Waals surface area (Å²) in [5.74, 6) is 7.08. The van der Waals surface area contributed by atoms with E-state index in [9.17, 15) is 0 Å². The van der Waals surface area contributed by atoms with Gasteiger partial charge in [0.15, 0.2) is 0 Å². The van der Waals surface area contributed by atoms with Crippen LogP contribution in [-0.2, 0) is 0 Å². The molecule has 0 radical (unpaired) electrons. The van der Waals surface area contributed by atoms with Gasteiger partial charge in [-0.1, -0.05) is 20.8 Å². The highest BCUT2D eigenvalue weighted by atomic mass is 15.4. The summed E-state index contributed by atoms with van der Waals surface area (Å²) < 4.78 is 0. The zero-order chi connectivity index (χ0) is 11.4. The minimum Gasteiger partial charge on any atom is -0.287 e. The number of allylic oxidation sites excluding steroid dienone is 1. The second-order valence-electron chi connectivity index (χ2n) is 4.98. The molecule has 0 saturated heterocycles. The first-order chi connectivity index (χ1) is 7.02. The normalized spacial score (nSPS) is 20.3. The van der Waals surface area contributed by atoms with Gasteiger partial charge in [-0.25, -0.2) is 5.84 Å². The molecule has 15 heavy (non-hydrogen) atoms. The van der Waals surface area contributed by atoms with E-state index in [0.29, 0.717) is 5.84 Å². The van der Waals surface area contributed by atoms with Gasteiger partial charge >= 0.3 is 0 Å². The van der Waals surface area contributed by atoms with E-state index >= 15 is 0 Å². The van der Waals surface area contributed by atoms with Crippen molar-refractivity contribution in [3.05, 3.63) is 11.3 Å². The Morgan fingerprint density at radius 2 is 1.73 bits per heavy atom. The van der Waals surface area contributed by atoms with E-state index in [1.165, 1.54) is 24.1 Å². The maximum atomic E-state index is 7.51. The Morgan fingerprint density at radius 3 is 2.27 bits per heavy atom. The SMILES string of the molecule is CC(C)C.N=C1CC2=C(CCCC2)N1N. The molecule has 2 aliphatic rings. The fraction of sp³-hybridized carbons (Fsp3) is 0.750. The van der Waals surface area contributed by atoms with E-state index in [0.717, 1.165) is 25.2 Å². The molecule has 0 aromatic carbocycles. The molecule has 2 rings (SSSR count). The molecule has 3 heteroatoms.